The van der Waals surface area contributed by atoms with E-state index in [2.05, 4.69) is 54.4 Å². The largest absolute Gasteiger partial charge is 0.377 e. The van der Waals surface area contributed by atoms with Gasteiger partial charge < -0.3 is 5.32 Å². The van der Waals surface area contributed by atoms with Crippen molar-refractivity contribution in [3.63, 3.8) is 0 Å². The van der Waals surface area contributed by atoms with Crippen molar-refractivity contribution < 1.29 is 0 Å². The van der Waals surface area contributed by atoms with E-state index in [-0.39, 0.29) is 5.41 Å². The predicted octanol–water partition coefficient (Wildman–Crippen LogP) is 3.63. The van der Waals surface area contributed by atoms with Gasteiger partial charge in [0.25, 0.3) is 0 Å². The fourth-order valence-electron chi connectivity index (χ4n) is 3.08. The van der Waals surface area contributed by atoms with Gasteiger partial charge in [-0.3, -0.25) is 0 Å². The van der Waals surface area contributed by atoms with Gasteiger partial charge in [0, 0.05) is 11.1 Å². The Morgan fingerprint density at radius 3 is 3.18 bits per heavy atom. The zero-order chi connectivity index (χ0) is 11.7. The molecule has 3 aliphatic rings. The first-order valence-corrected chi connectivity index (χ1v) is 6.56. The van der Waals surface area contributed by atoms with Gasteiger partial charge in [0.15, 0.2) is 0 Å². The second kappa shape index (κ2) is 4.09. The molecule has 1 heteroatoms. The molecule has 0 bridgehead atoms. The van der Waals surface area contributed by atoms with E-state index in [9.17, 15) is 0 Å². The van der Waals surface area contributed by atoms with Crippen molar-refractivity contribution in [1.82, 2.24) is 5.32 Å². The van der Waals surface area contributed by atoms with Crippen molar-refractivity contribution >= 4 is 0 Å². The van der Waals surface area contributed by atoms with Crippen molar-refractivity contribution in [2.45, 2.75) is 38.6 Å². The molecule has 0 spiro atoms. The van der Waals surface area contributed by atoms with Gasteiger partial charge in [-0.1, -0.05) is 25.2 Å². The monoisotopic (exact) mass is 225 g/mol. The van der Waals surface area contributed by atoms with E-state index >= 15 is 0 Å². The summed E-state index contributed by atoms with van der Waals surface area (Å²) in [6, 6.07) is 0.399. The molecule has 0 fully saturated rings. The number of rotatable bonds is 0. The standard InChI is InChI=1S/C16H19N/c1-16-12-8-3-2-7-11-15(16)17-14-10-6-4-5-9-13(14)16/h2,5-6,9-11,15,17H,3-4,8,12H2,1H3/t7?,15?,16-/m1/s1. The number of fused-ring (bicyclic) bond motifs is 2. The molecule has 1 N–H and O–H groups in total. The smallest absolute Gasteiger partial charge is 0.0613 e. The molecule has 0 saturated heterocycles. The van der Waals surface area contributed by atoms with Gasteiger partial charge in [-0.05, 0) is 49.5 Å². The lowest BCUT2D eigenvalue weighted by molar-refractivity contribution is 0.325. The molecule has 1 aliphatic heterocycles. The van der Waals surface area contributed by atoms with E-state index in [4.69, 9.17) is 0 Å². The molecule has 17 heavy (non-hydrogen) atoms. The van der Waals surface area contributed by atoms with E-state index in [1.54, 1.807) is 0 Å². The Balaban J connectivity index is 2.06. The Labute approximate surface area is 103 Å². The van der Waals surface area contributed by atoms with Gasteiger partial charge in [-0.25, -0.2) is 0 Å². The first-order chi connectivity index (χ1) is 8.31. The Hall–Kier alpha value is -1.46. The lowest BCUT2D eigenvalue weighted by Crippen LogP contribution is -2.35. The van der Waals surface area contributed by atoms with Crippen LogP contribution in [0.3, 0.4) is 0 Å². The topological polar surface area (TPSA) is 12.0 Å². The van der Waals surface area contributed by atoms with Crippen molar-refractivity contribution in [1.29, 1.82) is 0 Å². The first kappa shape index (κ1) is 10.7. The zero-order valence-electron chi connectivity index (χ0n) is 10.4. The normalized spacial score (nSPS) is 34.8. The van der Waals surface area contributed by atoms with Crippen LogP contribution in [-0.4, -0.2) is 6.04 Å². The maximum atomic E-state index is 3.65. The van der Waals surface area contributed by atoms with Crippen LogP contribution < -0.4 is 5.32 Å². The minimum atomic E-state index is 0.238. The summed E-state index contributed by atoms with van der Waals surface area (Å²) < 4.78 is 0. The minimum Gasteiger partial charge on any atom is -0.377 e. The molecule has 0 aromatic rings. The third kappa shape index (κ3) is 1.71. The van der Waals surface area contributed by atoms with Crippen molar-refractivity contribution in [2.24, 2.45) is 5.41 Å². The number of hydrogen-bond acceptors (Lipinski definition) is 1. The number of nitrogens with one attached hydrogen (secondary N) is 1. The fraction of sp³-hybridized carbons (Fsp3) is 0.438. The quantitative estimate of drug-likeness (QED) is 0.621. The fourth-order valence-corrected chi connectivity index (χ4v) is 3.08. The summed E-state index contributed by atoms with van der Waals surface area (Å²) in [6.45, 7) is 2.39. The molecule has 3 rings (SSSR count). The molecule has 2 aliphatic carbocycles. The van der Waals surface area contributed by atoms with Crippen LogP contribution in [0.2, 0.25) is 0 Å². The molecule has 88 valence electrons. The minimum absolute atomic E-state index is 0.238. The van der Waals surface area contributed by atoms with Gasteiger partial charge in [-0.15, -0.1) is 5.73 Å². The van der Waals surface area contributed by atoms with E-state index in [0.29, 0.717) is 6.04 Å². The van der Waals surface area contributed by atoms with Gasteiger partial charge in [0.2, 0.25) is 0 Å². The summed E-state index contributed by atoms with van der Waals surface area (Å²) in [5.41, 5.74) is 6.35. The second-order valence-corrected chi connectivity index (χ2v) is 5.34. The van der Waals surface area contributed by atoms with Crippen LogP contribution in [0.1, 0.15) is 32.6 Å². The molecule has 0 aromatic heterocycles. The highest BCUT2D eigenvalue weighted by Crippen LogP contribution is 2.45. The molecule has 0 saturated carbocycles. The predicted molar refractivity (Wildman–Crippen MR) is 71.5 cm³/mol. The van der Waals surface area contributed by atoms with Crippen LogP contribution in [0.25, 0.3) is 0 Å². The number of allylic oxidation sites excluding steroid dienone is 4. The summed E-state index contributed by atoms with van der Waals surface area (Å²) >= 11 is 0. The zero-order valence-corrected chi connectivity index (χ0v) is 10.4. The van der Waals surface area contributed by atoms with E-state index in [0.717, 1.165) is 12.8 Å². The maximum absolute atomic E-state index is 3.65. The van der Waals surface area contributed by atoms with Crippen LogP contribution in [0, 0.1) is 5.41 Å². The van der Waals surface area contributed by atoms with E-state index in [1.807, 2.05) is 0 Å². The molecule has 0 aromatic carbocycles. The van der Waals surface area contributed by atoms with Crippen molar-refractivity contribution in [3.05, 3.63) is 53.5 Å². The van der Waals surface area contributed by atoms with Gasteiger partial charge in [0.1, 0.15) is 0 Å². The SMILES string of the molecule is C[C@]12CCCC=C=CC1NC1=C2C=CCC=C1. The molecule has 0 amide bonds. The second-order valence-electron chi connectivity index (χ2n) is 5.34. The van der Waals surface area contributed by atoms with E-state index < -0.39 is 0 Å². The van der Waals surface area contributed by atoms with Crippen molar-refractivity contribution in [3.8, 4) is 0 Å². The van der Waals surface area contributed by atoms with Crippen LogP contribution >= 0.6 is 0 Å². The lowest BCUT2D eigenvalue weighted by atomic mass is 9.73. The Bertz CT molecular complexity index is 472. The maximum Gasteiger partial charge on any atom is 0.0613 e. The highest BCUT2D eigenvalue weighted by atomic mass is 15.0. The summed E-state index contributed by atoms with van der Waals surface area (Å²) in [4.78, 5) is 0. The highest BCUT2D eigenvalue weighted by Gasteiger charge is 2.41. The third-order valence-corrected chi connectivity index (χ3v) is 4.17. The summed E-state index contributed by atoms with van der Waals surface area (Å²) in [5, 5.41) is 3.65. The van der Waals surface area contributed by atoms with Gasteiger partial charge >= 0.3 is 0 Å². The Morgan fingerprint density at radius 2 is 2.24 bits per heavy atom. The lowest BCUT2D eigenvalue weighted by Gasteiger charge is -2.32. The summed E-state index contributed by atoms with van der Waals surface area (Å²) in [5.74, 6) is 0. The Morgan fingerprint density at radius 1 is 1.35 bits per heavy atom. The summed E-state index contributed by atoms with van der Waals surface area (Å²) in [6.07, 6.45) is 18.1. The van der Waals surface area contributed by atoms with Crippen molar-refractivity contribution in [2.75, 3.05) is 0 Å². The summed E-state index contributed by atoms with van der Waals surface area (Å²) in [7, 11) is 0. The molecule has 1 heterocycles. The van der Waals surface area contributed by atoms with Crippen LogP contribution in [0.4, 0.5) is 0 Å². The average molecular weight is 225 g/mol. The van der Waals surface area contributed by atoms with Gasteiger partial charge in [-0.2, -0.15) is 0 Å². The molecule has 1 unspecified atom stereocenters. The molecule has 1 nitrogen and oxygen atoms in total. The number of hydrogen-bond donors (Lipinski definition) is 1. The molecule has 0 radical (unpaired) electrons. The van der Waals surface area contributed by atoms with Crippen LogP contribution in [0.5, 0.6) is 0 Å². The van der Waals surface area contributed by atoms with Crippen LogP contribution in [-0.2, 0) is 0 Å². The van der Waals surface area contributed by atoms with Crippen LogP contribution in [0.15, 0.2) is 53.5 Å². The molecular weight excluding hydrogens is 206 g/mol. The molecule has 2 atom stereocenters. The average Bonchev–Trinajstić information content (AvgIpc) is 2.50. The Kier molecular flexibility index (Phi) is 2.57. The molecular formula is C16H19N. The van der Waals surface area contributed by atoms with Gasteiger partial charge in [0.05, 0.1) is 6.04 Å². The van der Waals surface area contributed by atoms with E-state index in [1.165, 1.54) is 24.1 Å². The third-order valence-electron chi connectivity index (χ3n) is 4.17. The highest BCUT2D eigenvalue weighted by molar-refractivity contribution is 5.46. The first-order valence-electron chi connectivity index (χ1n) is 6.56.